The second-order valence-electron chi connectivity index (χ2n) is 7.78. The summed E-state index contributed by atoms with van der Waals surface area (Å²) in [5, 5.41) is 5.41. The lowest BCUT2D eigenvalue weighted by Gasteiger charge is -2.10. The van der Waals surface area contributed by atoms with Crippen LogP contribution in [0.2, 0.25) is 0 Å². The number of nitrogens with one attached hydrogen (secondary N) is 2. The molecule has 0 aliphatic carbocycles. The molecule has 0 aromatic heterocycles. The number of carbonyl (C=O) groups is 2. The number of unbranched alkanes of at least 4 members (excludes halogenated alkanes) is 5. The molecule has 2 amide bonds. The van der Waals surface area contributed by atoms with Crippen LogP contribution >= 0.6 is 0 Å². The van der Waals surface area contributed by atoms with Crippen LogP contribution in [0.4, 0.5) is 26.3 Å². The van der Waals surface area contributed by atoms with E-state index in [0.29, 0.717) is 13.1 Å². The summed E-state index contributed by atoms with van der Waals surface area (Å²) < 4.78 is 80.4. The van der Waals surface area contributed by atoms with E-state index in [1.807, 2.05) is 0 Å². The molecule has 0 bridgehead atoms. The van der Waals surface area contributed by atoms with Crippen LogP contribution in [-0.2, 0) is 0 Å². The van der Waals surface area contributed by atoms with Gasteiger partial charge in [-0.2, -0.15) is 0 Å². The molecule has 2 N–H and O–H groups in total. The number of alkyl halides is 6. The van der Waals surface area contributed by atoms with Gasteiger partial charge in [-0.05, 0) is 61.4 Å². The first-order chi connectivity index (χ1) is 16.9. The molecule has 0 heterocycles. The molecule has 0 aliphatic heterocycles. The van der Waals surface area contributed by atoms with Crippen LogP contribution in [0.1, 0.15) is 59.2 Å². The average Bonchev–Trinajstić information content (AvgIpc) is 2.79. The number of amides is 2. The molecule has 0 saturated heterocycles. The van der Waals surface area contributed by atoms with E-state index in [1.165, 1.54) is 24.3 Å². The largest absolute Gasteiger partial charge is 0.573 e. The van der Waals surface area contributed by atoms with Crippen molar-refractivity contribution in [3.63, 3.8) is 0 Å². The smallest absolute Gasteiger partial charge is 0.406 e. The first-order valence-corrected chi connectivity index (χ1v) is 11.2. The quantitative estimate of drug-likeness (QED) is 0.252. The van der Waals surface area contributed by atoms with Crippen molar-refractivity contribution in [1.82, 2.24) is 10.6 Å². The molecule has 198 valence electrons. The van der Waals surface area contributed by atoms with Gasteiger partial charge in [-0.25, -0.2) is 0 Å². The number of carbonyl (C=O) groups excluding carboxylic acids is 2. The maximum absolute atomic E-state index is 12.2. The summed E-state index contributed by atoms with van der Waals surface area (Å²) in [4.78, 5) is 24.0. The van der Waals surface area contributed by atoms with Crippen LogP contribution in [0.25, 0.3) is 0 Å². The van der Waals surface area contributed by atoms with Crippen molar-refractivity contribution in [2.24, 2.45) is 0 Å². The lowest BCUT2D eigenvalue weighted by atomic mass is 10.1. The van der Waals surface area contributed by atoms with Gasteiger partial charge in [0.25, 0.3) is 11.8 Å². The van der Waals surface area contributed by atoms with Crippen molar-refractivity contribution < 1.29 is 45.4 Å². The highest BCUT2D eigenvalue weighted by molar-refractivity contribution is 5.94. The third kappa shape index (κ3) is 11.8. The fraction of sp³-hybridized carbons (Fsp3) is 0.417. The van der Waals surface area contributed by atoms with E-state index in [-0.39, 0.29) is 22.9 Å². The monoisotopic (exact) mass is 520 g/mol. The highest BCUT2D eigenvalue weighted by atomic mass is 19.4. The lowest BCUT2D eigenvalue weighted by Crippen LogP contribution is -2.24. The number of hydrogen-bond donors (Lipinski definition) is 2. The Kier molecular flexibility index (Phi) is 10.9. The molecule has 0 spiro atoms. The van der Waals surface area contributed by atoms with Gasteiger partial charge in [0, 0.05) is 24.2 Å². The first-order valence-electron chi connectivity index (χ1n) is 11.2. The van der Waals surface area contributed by atoms with Gasteiger partial charge in [0.05, 0.1) is 0 Å². The van der Waals surface area contributed by atoms with E-state index < -0.39 is 24.2 Å². The third-order valence-corrected chi connectivity index (χ3v) is 4.87. The molecule has 12 heteroatoms. The van der Waals surface area contributed by atoms with Gasteiger partial charge < -0.3 is 20.1 Å². The molecule has 36 heavy (non-hydrogen) atoms. The zero-order valence-electron chi connectivity index (χ0n) is 19.2. The summed E-state index contributed by atoms with van der Waals surface area (Å²) in [6, 6.07) is 9.34. The van der Waals surface area contributed by atoms with E-state index >= 15 is 0 Å². The van der Waals surface area contributed by atoms with E-state index in [9.17, 15) is 35.9 Å². The fourth-order valence-electron chi connectivity index (χ4n) is 3.18. The van der Waals surface area contributed by atoms with Crippen molar-refractivity contribution >= 4 is 11.8 Å². The normalized spacial score (nSPS) is 11.6. The Balaban J connectivity index is 1.50. The van der Waals surface area contributed by atoms with Crippen LogP contribution < -0.4 is 20.1 Å². The molecule has 0 unspecified atom stereocenters. The summed E-state index contributed by atoms with van der Waals surface area (Å²) >= 11 is 0. The highest BCUT2D eigenvalue weighted by Crippen LogP contribution is 2.23. The number of hydrogen-bond acceptors (Lipinski definition) is 4. The van der Waals surface area contributed by atoms with Crippen molar-refractivity contribution in [3.8, 4) is 11.5 Å². The number of ether oxygens (including phenoxy) is 2. The Labute approximate surface area is 204 Å². The van der Waals surface area contributed by atoms with Gasteiger partial charge in [-0.1, -0.05) is 25.7 Å². The highest BCUT2D eigenvalue weighted by Gasteiger charge is 2.31. The van der Waals surface area contributed by atoms with E-state index in [2.05, 4.69) is 20.1 Å². The van der Waals surface area contributed by atoms with Gasteiger partial charge in [0.15, 0.2) is 0 Å². The lowest BCUT2D eigenvalue weighted by molar-refractivity contribution is -0.275. The predicted molar refractivity (Wildman–Crippen MR) is 119 cm³/mol. The fourth-order valence-corrected chi connectivity index (χ4v) is 3.18. The molecule has 0 atom stereocenters. The second kappa shape index (κ2) is 13.6. The molecule has 6 nitrogen and oxygen atoms in total. The molecular formula is C24H26F6N2O4. The predicted octanol–water partition coefficient (Wildman–Crippen LogP) is 5.98. The number of benzene rings is 2. The molecule has 0 aliphatic rings. The van der Waals surface area contributed by atoms with Crippen molar-refractivity contribution in [3.05, 3.63) is 59.7 Å². The van der Waals surface area contributed by atoms with Crippen molar-refractivity contribution in [2.75, 3.05) is 13.1 Å². The molecule has 0 saturated carbocycles. The molecule has 2 rings (SSSR count). The average molecular weight is 520 g/mol. The first kappa shape index (κ1) is 28.8. The Bertz CT molecular complexity index is 881. The van der Waals surface area contributed by atoms with Crippen LogP contribution in [0.15, 0.2) is 48.5 Å². The molecule has 0 radical (unpaired) electrons. The van der Waals surface area contributed by atoms with Crippen molar-refractivity contribution in [1.29, 1.82) is 0 Å². The maximum atomic E-state index is 12.2. The Morgan fingerprint density at radius 1 is 0.556 bits per heavy atom. The molecule has 2 aromatic carbocycles. The summed E-state index contributed by atoms with van der Waals surface area (Å²) in [6.07, 6.45) is -4.49. The number of halogens is 6. The van der Waals surface area contributed by atoms with E-state index in [0.717, 1.165) is 62.8 Å². The minimum atomic E-state index is -4.79. The van der Waals surface area contributed by atoms with Gasteiger partial charge in [-0.15, -0.1) is 26.3 Å². The molecule has 2 aromatic rings. The van der Waals surface area contributed by atoms with E-state index in [1.54, 1.807) is 0 Å². The summed E-state index contributed by atoms with van der Waals surface area (Å²) in [6.45, 7) is 0.866. The van der Waals surface area contributed by atoms with Crippen LogP contribution in [0.3, 0.4) is 0 Å². The Morgan fingerprint density at radius 2 is 0.861 bits per heavy atom. The minimum absolute atomic E-state index is 0.233. The van der Waals surface area contributed by atoms with Gasteiger partial charge >= 0.3 is 12.7 Å². The zero-order chi connectivity index (χ0) is 26.6. The second-order valence-corrected chi connectivity index (χ2v) is 7.78. The van der Waals surface area contributed by atoms with Gasteiger partial charge in [-0.3, -0.25) is 9.59 Å². The summed E-state index contributed by atoms with van der Waals surface area (Å²) in [7, 11) is 0. The standard InChI is InChI=1S/C24H26F6N2O4/c25-23(26,27)35-19-11-7-17(8-12-19)21(33)31-15-5-3-1-2-4-6-16-32-22(34)18-9-13-20(14-10-18)36-24(28,29)30/h7-14H,1-6,15-16H2,(H,31,33)(H,32,34). The van der Waals surface area contributed by atoms with Crippen LogP contribution in [-0.4, -0.2) is 37.6 Å². The van der Waals surface area contributed by atoms with E-state index in [4.69, 9.17) is 0 Å². The van der Waals surface area contributed by atoms with Crippen molar-refractivity contribution in [2.45, 2.75) is 51.2 Å². The van der Waals surface area contributed by atoms with Crippen LogP contribution in [0.5, 0.6) is 11.5 Å². The summed E-state index contributed by atoms with van der Waals surface area (Å²) in [5.74, 6) is -1.56. The van der Waals surface area contributed by atoms with Gasteiger partial charge in [0.2, 0.25) is 0 Å². The Hall–Kier alpha value is -3.44. The minimum Gasteiger partial charge on any atom is -0.406 e. The SMILES string of the molecule is O=C(NCCCCCCCCNC(=O)c1ccc(OC(F)(F)F)cc1)c1ccc(OC(F)(F)F)cc1. The third-order valence-electron chi connectivity index (χ3n) is 4.87. The van der Waals surface area contributed by atoms with Gasteiger partial charge in [0.1, 0.15) is 11.5 Å². The molecule has 0 fully saturated rings. The summed E-state index contributed by atoms with van der Waals surface area (Å²) in [5.41, 5.74) is 0.467. The Morgan fingerprint density at radius 3 is 1.17 bits per heavy atom. The van der Waals surface area contributed by atoms with Crippen LogP contribution in [0, 0.1) is 0 Å². The number of rotatable bonds is 13. The topological polar surface area (TPSA) is 76.7 Å². The molecular weight excluding hydrogens is 494 g/mol. The zero-order valence-corrected chi connectivity index (χ0v) is 19.2. The maximum Gasteiger partial charge on any atom is 0.573 e.